The minimum absolute atomic E-state index is 0.0413. The molecule has 1 amide bonds. The van der Waals surface area contributed by atoms with E-state index in [4.69, 9.17) is 11.6 Å². The van der Waals surface area contributed by atoms with Crippen LogP contribution in [0.2, 0.25) is 5.02 Å². The number of hydrogen-bond acceptors (Lipinski definition) is 4. The Balaban J connectivity index is 2.22. The molecule has 1 aromatic carbocycles. The van der Waals surface area contributed by atoms with E-state index in [1.807, 2.05) is 25.9 Å². The SMILES string of the molecule is CC(=O)N1C[C@@H](CN(C)C)[C@H](NS(=O)(=O)c2ccc(C)c(Cl)c2)C1. The zero-order chi connectivity index (χ0) is 18.1. The van der Waals surface area contributed by atoms with Crippen LogP contribution in [0.15, 0.2) is 23.1 Å². The van der Waals surface area contributed by atoms with Gasteiger partial charge in [-0.15, -0.1) is 0 Å². The van der Waals surface area contributed by atoms with Gasteiger partial charge in [-0.3, -0.25) is 4.79 Å². The summed E-state index contributed by atoms with van der Waals surface area (Å²) in [4.78, 5) is 15.5. The molecule has 1 N–H and O–H groups in total. The van der Waals surface area contributed by atoms with Crippen molar-refractivity contribution in [3.05, 3.63) is 28.8 Å². The molecule has 0 radical (unpaired) electrons. The molecule has 6 nitrogen and oxygen atoms in total. The third kappa shape index (κ3) is 4.47. The largest absolute Gasteiger partial charge is 0.341 e. The minimum atomic E-state index is -3.69. The maximum Gasteiger partial charge on any atom is 0.240 e. The summed E-state index contributed by atoms with van der Waals surface area (Å²) in [7, 11) is 0.173. The quantitative estimate of drug-likeness (QED) is 0.845. The Morgan fingerprint density at radius 1 is 1.38 bits per heavy atom. The second-order valence-corrected chi connectivity index (χ2v) is 8.71. The number of likely N-dealkylation sites (tertiary alicyclic amines) is 1. The maximum absolute atomic E-state index is 12.7. The van der Waals surface area contributed by atoms with Gasteiger partial charge >= 0.3 is 0 Å². The highest BCUT2D eigenvalue weighted by Crippen LogP contribution is 2.23. The smallest absolute Gasteiger partial charge is 0.240 e. The molecule has 0 aliphatic carbocycles. The normalized spacial score (nSPS) is 21.5. The van der Waals surface area contributed by atoms with E-state index in [0.29, 0.717) is 24.7 Å². The van der Waals surface area contributed by atoms with Crippen molar-refractivity contribution in [3.8, 4) is 0 Å². The summed E-state index contributed by atoms with van der Waals surface area (Å²) in [6, 6.07) is 4.37. The monoisotopic (exact) mass is 373 g/mol. The maximum atomic E-state index is 12.7. The van der Waals surface area contributed by atoms with Gasteiger partial charge in [0.05, 0.1) is 4.90 Å². The summed E-state index contributed by atoms with van der Waals surface area (Å²) in [5.41, 5.74) is 0.824. The number of rotatable bonds is 5. The first-order valence-corrected chi connectivity index (χ1v) is 9.65. The molecule has 0 aromatic heterocycles. The predicted octanol–water partition coefficient (Wildman–Crippen LogP) is 1.34. The molecular weight excluding hydrogens is 350 g/mol. The van der Waals surface area contributed by atoms with Gasteiger partial charge in [0.1, 0.15) is 0 Å². The van der Waals surface area contributed by atoms with Crippen molar-refractivity contribution in [2.45, 2.75) is 24.8 Å². The van der Waals surface area contributed by atoms with Gasteiger partial charge in [0.25, 0.3) is 0 Å². The summed E-state index contributed by atoms with van der Waals surface area (Å²) >= 11 is 6.05. The van der Waals surface area contributed by atoms with E-state index in [1.165, 1.54) is 13.0 Å². The molecule has 2 rings (SSSR count). The van der Waals surface area contributed by atoms with Crippen LogP contribution in [0.25, 0.3) is 0 Å². The van der Waals surface area contributed by atoms with Crippen molar-refractivity contribution >= 4 is 27.5 Å². The van der Waals surface area contributed by atoms with Crippen molar-refractivity contribution in [1.29, 1.82) is 0 Å². The average Bonchev–Trinajstić information content (AvgIpc) is 2.83. The summed E-state index contributed by atoms with van der Waals surface area (Å²) in [6.07, 6.45) is 0. The number of halogens is 1. The Bertz CT molecular complexity index is 721. The Kier molecular flexibility index (Phi) is 5.91. The molecule has 1 aliphatic rings. The fourth-order valence-electron chi connectivity index (χ4n) is 2.92. The summed E-state index contributed by atoms with van der Waals surface area (Å²) in [5, 5.41) is 0.416. The molecule has 0 unspecified atom stereocenters. The van der Waals surface area contributed by atoms with Gasteiger partial charge in [-0.05, 0) is 38.7 Å². The van der Waals surface area contributed by atoms with Gasteiger partial charge in [-0.1, -0.05) is 17.7 Å². The molecule has 24 heavy (non-hydrogen) atoms. The van der Waals surface area contributed by atoms with Crippen LogP contribution in [0.4, 0.5) is 0 Å². The van der Waals surface area contributed by atoms with Crippen molar-refractivity contribution in [2.24, 2.45) is 5.92 Å². The fraction of sp³-hybridized carbons (Fsp3) is 0.562. The highest BCUT2D eigenvalue weighted by atomic mass is 35.5. The molecule has 1 aliphatic heterocycles. The number of benzene rings is 1. The van der Waals surface area contributed by atoms with Gasteiger partial charge in [-0.2, -0.15) is 0 Å². The van der Waals surface area contributed by atoms with Crippen LogP contribution in [-0.4, -0.2) is 63.9 Å². The average molecular weight is 374 g/mol. The van der Waals surface area contributed by atoms with E-state index >= 15 is 0 Å². The Hall–Kier alpha value is -1.15. The topological polar surface area (TPSA) is 69.7 Å². The van der Waals surface area contributed by atoms with E-state index in [-0.39, 0.29) is 22.8 Å². The van der Waals surface area contributed by atoms with Gasteiger partial charge < -0.3 is 9.80 Å². The standard InChI is InChI=1S/C16H24ClN3O3S/c1-11-5-6-14(7-15(11)17)24(22,23)18-16-10-20(12(2)21)9-13(16)8-19(3)4/h5-7,13,16,18H,8-10H2,1-4H3/t13-,16-/m1/s1. The minimum Gasteiger partial charge on any atom is -0.341 e. The van der Waals surface area contributed by atoms with Crippen LogP contribution in [0.3, 0.4) is 0 Å². The molecule has 1 fully saturated rings. The van der Waals surface area contributed by atoms with Crippen molar-refractivity contribution in [3.63, 3.8) is 0 Å². The number of sulfonamides is 1. The third-order valence-corrected chi connectivity index (χ3v) is 6.14. The number of amides is 1. The van der Waals surface area contributed by atoms with E-state index in [0.717, 1.165) is 5.56 Å². The second kappa shape index (κ2) is 7.39. The molecule has 1 heterocycles. The van der Waals surface area contributed by atoms with E-state index < -0.39 is 10.0 Å². The number of aryl methyl sites for hydroxylation is 1. The van der Waals surface area contributed by atoms with Gasteiger partial charge in [0, 0.05) is 43.5 Å². The molecule has 1 saturated heterocycles. The molecule has 1 aromatic rings. The van der Waals surface area contributed by atoms with Crippen molar-refractivity contribution < 1.29 is 13.2 Å². The van der Waals surface area contributed by atoms with Crippen LogP contribution in [-0.2, 0) is 14.8 Å². The second-order valence-electron chi connectivity index (χ2n) is 6.59. The van der Waals surface area contributed by atoms with Crippen LogP contribution in [0, 0.1) is 12.8 Å². The number of carbonyl (C=O) groups excluding carboxylic acids is 1. The first-order chi connectivity index (χ1) is 11.1. The molecule has 0 spiro atoms. The molecule has 2 atom stereocenters. The number of hydrogen-bond donors (Lipinski definition) is 1. The zero-order valence-corrected chi connectivity index (χ0v) is 16.0. The molecule has 134 valence electrons. The molecule has 0 bridgehead atoms. The van der Waals surface area contributed by atoms with Crippen LogP contribution in [0.1, 0.15) is 12.5 Å². The van der Waals surface area contributed by atoms with Gasteiger partial charge in [0.2, 0.25) is 15.9 Å². The molecule has 0 saturated carbocycles. The lowest BCUT2D eigenvalue weighted by Crippen LogP contribution is -2.43. The number of nitrogens with zero attached hydrogens (tertiary/aromatic N) is 2. The number of nitrogens with one attached hydrogen (secondary N) is 1. The van der Waals surface area contributed by atoms with Crippen LogP contribution < -0.4 is 4.72 Å². The lowest BCUT2D eigenvalue weighted by molar-refractivity contribution is -0.127. The number of carbonyl (C=O) groups is 1. The summed E-state index contributed by atoms with van der Waals surface area (Å²) in [6.45, 7) is 4.96. The van der Waals surface area contributed by atoms with Gasteiger partial charge in [0.15, 0.2) is 0 Å². The Morgan fingerprint density at radius 2 is 2.04 bits per heavy atom. The first kappa shape index (κ1) is 19.2. The van der Waals surface area contributed by atoms with Crippen LogP contribution in [0.5, 0.6) is 0 Å². The Morgan fingerprint density at radius 3 is 2.58 bits per heavy atom. The van der Waals surface area contributed by atoms with Crippen LogP contribution >= 0.6 is 11.6 Å². The lowest BCUT2D eigenvalue weighted by atomic mass is 10.0. The Labute approximate surface area is 148 Å². The molecular formula is C16H24ClN3O3S. The van der Waals surface area contributed by atoms with Crippen molar-refractivity contribution in [2.75, 3.05) is 33.7 Å². The first-order valence-electron chi connectivity index (χ1n) is 7.79. The lowest BCUT2D eigenvalue weighted by Gasteiger charge is -2.22. The van der Waals surface area contributed by atoms with Gasteiger partial charge in [-0.25, -0.2) is 13.1 Å². The zero-order valence-electron chi connectivity index (χ0n) is 14.4. The predicted molar refractivity (Wildman–Crippen MR) is 94.6 cm³/mol. The highest BCUT2D eigenvalue weighted by molar-refractivity contribution is 7.89. The molecule has 8 heteroatoms. The van der Waals surface area contributed by atoms with E-state index in [9.17, 15) is 13.2 Å². The summed E-state index contributed by atoms with van der Waals surface area (Å²) in [5.74, 6) is -0.00145. The fourth-order valence-corrected chi connectivity index (χ4v) is 4.49. The highest BCUT2D eigenvalue weighted by Gasteiger charge is 2.37. The van der Waals surface area contributed by atoms with E-state index in [1.54, 1.807) is 17.0 Å². The summed E-state index contributed by atoms with van der Waals surface area (Å²) < 4.78 is 28.1. The third-order valence-electron chi connectivity index (χ3n) is 4.25. The van der Waals surface area contributed by atoms with Crippen molar-refractivity contribution in [1.82, 2.24) is 14.5 Å². The van der Waals surface area contributed by atoms with E-state index in [2.05, 4.69) is 4.72 Å².